The van der Waals surface area contributed by atoms with Crippen LogP contribution in [0.15, 0.2) is 18.7 Å². The second-order valence-electron chi connectivity index (χ2n) is 3.43. The van der Waals surface area contributed by atoms with Gasteiger partial charge in [-0.15, -0.1) is 0 Å². The topological polar surface area (TPSA) is 91.2 Å². The average molecular weight is 195 g/mol. The molecule has 1 aliphatic heterocycles. The average Bonchev–Trinajstić information content (AvgIpc) is 2.71. The molecule has 1 aromatic heterocycles. The highest BCUT2D eigenvalue weighted by Crippen LogP contribution is 2.21. The van der Waals surface area contributed by atoms with Crippen LogP contribution in [0, 0.1) is 5.41 Å². The van der Waals surface area contributed by atoms with Gasteiger partial charge in [0.05, 0.1) is 18.5 Å². The van der Waals surface area contributed by atoms with Crippen LogP contribution in [0.25, 0.3) is 0 Å². The number of β-amino-alcohol motifs (C(OH)–C–C–N with tert-alkyl or cyclic N) is 1. The van der Waals surface area contributed by atoms with Gasteiger partial charge >= 0.3 is 0 Å². The number of hydrogen-bond acceptors (Lipinski definition) is 3. The summed E-state index contributed by atoms with van der Waals surface area (Å²) in [6, 6.07) is -0.0543. The van der Waals surface area contributed by atoms with Crippen molar-refractivity contribution in [1.29, 1.82) is 5.41 Å². The van der Waals surface area contributed by atoms with E-state index in [1.807, 2.05) is 4.57 Å². The predicted molar refractivity (Wildman–Crippen MR) is 50.8 cm³/mol. The monoisotopic (exact) mass is 195 g/mol. The summed E-state index contributed by atoms with van der Waals surface area (Å²) in [4.78, 5) is 5.57. The predicted octanol–water partition coefficient (Wildman–Crippen LogP) is -1.01. The Hall–Kier alpha value is -1.56. The van der Waals surface area contributed by atoms with Gasteiger partial charge in [-0.25, -0.2) is 4.98 Å². The van der Waals surface area contributed by atoms with Gasteiger partial charge in [0.1, 0.15) is 0 Å². The van der Waals surface area contributed by atoms with Crippen LogP contribution in [0.4, 0.5) is 0 Å². The SMILES string of the molecule is N=C(N)N1C[C@@H](O)[C@H](n2ccnc2)C1. The Labute approximate surface area is 81.5 Å². The van der Waals surface area contributed by atoms with Gasteiger partial charge in [-0.05, 0) is 0 Å². The highest BCUT2D eigenvalue weighted by atomic mass is 16.3. The van der Waals surface area contributed by atoms with E-state index in [9.17, 15) is 5.11 Å². The molecular formula is C8H13N5O. The van der Waals surface area contributed by atoms with Crippen molar-refractivity contribution >= 4 is 5.96 Å². The fourth-order valence-electron chi connectivity index (χ4n) is 1.72. The molecular weight excluding hydrogens is 182 g/mol. The van der Waals surface area contributed by atoms with Crippen LogP contribution in [0.1, 0.15) is 6.04 Å². The Morgan fingerprint density at radius 1 is 1.57 bits per heavy atom. The van der Waals surface area contributed by atoms with Gasteiger partial charge in [0, 0.05) is 25.5 Å². The van der Waals surface area contributed by atoms with Gasteiger partial charge in [0.25, 0.3) is 0 Å². The minimum absolute atomic E-state index is 0.00617. The van der Waals surface area contributed by atoms with Crippen molar-refractivity contribution in [2.75, 3.05) is 13.1 Å². The zero-order chi connectivity index (χ0) is 10.1. The standard InChI is InChI=1S/C8H13N5O/c9-8(10)13-3-6(7(14)4-13)12-2-1-11-5-12/h1-2,5-7,14H,3-4H2,(H3,9,10)/t6-,7-/m1/s1. The van der Waals surface area contributed by atoms with E-state index in [-0.39, 0.29) is 12.0 Å². The number of aromatic nitrogens is 2. The molecule has 6 nitrogen and oxygen atoms in total. The quantitative estimate of drug-likeness (QED) is 0.395. The Morgan fingerprint density at radius 3 is 2.86 bits per heavy atom. The van der Waals surface area contributed by atoms with Crippen molar-refractivity contribution in [2.45, 2.75) is 12.1 Å². The maximum absolute atomic E-state index is 9.74. The van der Waals surface area contributed by atoms with Crippen molar-refractivity contribution in [3.8, 4) is 0 Å². The van der Waals surface area contributed by atoms with Gasteiger partial charge in [-0.3, -0.25) is 5.41 Å². The van der Waals surface area contributed by atoms with Gasteiger partial charge in [-0.1, -0.05) is 0 Å². The van der Waals surface area contributed by atoms with E-state index in [2.05, 4.69) is 4.98 Å². The van der Waals surface area contributed by atoms with Crippen molar-refractivity contribution in [3.63, 3.8) is 0 Å². The van der Waals surface area contributed by atoms with E-state index in [1.165, 1.54) is 0 Å². The van der Waals surface area contributed by atoms with E-state index in [1.54, 1.807) is 23.6 Å². The van der Waals surface area contributed by atoms with Crippen LogP contribution in [0.5, 0.6) is 0 Å². The molecule has 2 heterocycles. The van der Waals surface area contributed by atoms with Crippen LogP contribution >= 0.6 is 0 Å². The molecule has 1 fully saturated rings. The summed E-state index contributed by atoms with van der Waals surface area (Å²) < 4.78 is 1.84. The lowest BCUT2D eigenvalue weighted by Crippen LogP contribution is -2.35. The highest BCUT2D eigenvalue weighted by Gasteiger charge is 2.32. The molecule has 76 valence electrons. The van der Waals surface area contributed by atoms with Gasteiger partial charge in [0.15, 0.2) is 5.96 Å². The third-order valence-electron chi connectivity index (χ3n) is 2.51. The molecule has 1 aromatic rings. The third-order valence-corrected chi connectivity index (χ3v) is 2.51. The van der Waals surface area contributed by atoms with Gasteiger partial charge < -0.3 is 20.3 Å². The molecule has 0 bridgehead atoms. The van der Waals surface area contributed by atoms with E-state index < -0.39 is 6.10 Å². The highest BCUT2D eigenvalue weighted by molar-refractivity contribution is 5.75. The molecule has 0 unspecified atom stereocenters. The summed E-state index contributed by atoms with van der Waals surface area (Å²) in [6.45, 7) is 0.977. The van der Waals surface area contributed by atoms with Crippen molar-refractivity contribution in [2.24, 2.45) is 5.73 Å². The molecule has 14 heavy (non-hydrogen) atoms. The number of nitrogens with one attached hydrogen (secondary N) is 1. The van der Waals surface area contributed by atoms with Crippen LogP contribution < -0.4 is 5.73 Å². The lowest BCUT2D eigenvalue weighted by Gasteiger charge is -2.15. The number of aliphatic hydroxyl groups excluding tert-OH is 1. The molecule has 2 atom stereocenters. The molecule has 0 aromatic carbocycles. The normalized spacial score (nSPS) is 26.8. The molecule has 4 N–H and O–H groups in total. The number of aliphatic hydroxyl groups is 1. The summed E-state index contributed by atoms with van der Waals surface area (Å²) >= 11 is 0. The zero-order valence-corrected chi connectivity index (χ0v) is 7.67. The third kappa shape index (κ3) is 1.44. The zero-order valence-electron chi connectivity index (χ0n) is 7.67. The van der Waals surface area contributed by atoms with Crippen molar-refractivity contribution < 1.29 is 5.11 Å². The van der Waals surface area contributed by atoms with Crippen LogP contribution in [-0.2, 0) is 0 Å². The van der Waals surface area contributed by atoms with Gasteiger partial charge in [0.2, 0.25) is 0 Å². The number of hydrogen-bond donors (Lipinski definition) is 3. The van der Waals surface area contributed by atoms with Crippen LogP contribution in [0.3, 0.4) is 0 Å². The number of imidazole rings is 1. The Kier molecular flexibility index (Phi) is 2.12. The summed E-state index contributed by atoms with van der Waals surface area (Å²) in [6.07, 6.45) is 4.64. The summed E-state index contributed by atoms with van der Waals surface area (Å²) in [5.41, 5.74) is 5.35. The first-order chi connectivity index (χ1) is 6.68. The summed E-state index contributed by atoms with van der Waals surface area (Å²) in [5.74, 6) is 0.00617. The van der Waals surface area contributed by atoms with Crippen molar-refractivity contribution in [1.82, 2.24) is 14.5 Å². The molecule has 0 spiro atoms. The lowest BCUT2D eigenvalue weighted by molar-refractivity contribution is 0.148. The second kappa shape index (κ2) is 3.30. The minimum atomic E-state index is -0.493. The smallest absolute Gasteiger partial charge is 0.188 e. The van der Waals surface area contributed by atoms with E-state index >= 15 is 0 Å². The number of guanidine groups is 1. The minimum Gasteiger partial charge on any atom is -0.389 e. The van der Waals surface area contributed by atoms with Crippen molar-refractivity contribution in [3.05, 3.63) is 18.7 Å². The fourth-order valence-corrected chi connectivity index (χ4v) is 1.72. The molecule has 1 saturated heterocycles. The molecule has 1 aliphatic rings. The maximum Gasteiger partial charge on any atom is 0.188 e. The fraction of sp³-hybridized carbons (Fsp3) is 0.500. The molecule has 2 rings (SSSR count). The summed E-state index contributed by atoms with van der Waals surface area (Å²) in [7, 11) is 0. The maximum atomic E-state index is 9.74. The molecule has 0 aliphatic carbocycles. The van der Waals surface area contributed by atoms with Gasteiger partial charge in [-0.2, -0.15) is 0 Å². The van der Waals surface area contributed by atoms with E-state index in [0.29, 0.717) is 13.1 Å². The number of nitrogens with zero attached hydrogens (tertiary/aromatic N) is 3. The lowest BCUT2D eigenvalue weighted by atomic mass is 10.2. The first-order valence-corrected chi connectivity index (χ1v) is 4.43. The first kappa shape index (κ1) is 9.01. The van der Waals surface area contributed by atoms with E-state index in [4.69, 9.17) is 11.1 Å². The molecule has 0 amide bonds. The molecule has 0 saturated carbocycles. The Morgan fingerprint density at radius 2 is 2.36 bits per heavy atom. The first-order valence-electron chi connectivity index (χ1n) is 4.43. The Balaban J connectivity index is 2.12. The van der Waals surface area contributed by atoms with Crippen LogP contribution in [-0.4, -0.2) is 44.7 Å². The molecule has 6 heteroatoms. The van der Waals surface area contributed by atoms with E-state index in [0.717, 1.165) is 0 Å². The second-order valence-corrected chi connectivity index (χ2v) is 3.43. The summed E-state index contributed by atoms with van der Waals surface area (Å²) in [5, 5.41) is 17.0. The largest absolute Gasteiger partial charge is 0.389 e. The molecule has 0 radical (unpaired) electrons. The van der Waals surface area contributed by atoms with Crippen LogP contribution in [0.2, 0.25) is 0 Å². The Bertz CT molecular complexity index is 322. The number of rotatable bonds is 1. The number of nitrogens with two attached hydrogens (primary N) is 1. The number of likely N-dealkylation sites (tertiary alicyclic amines) is 1.